The largest absolute Gasteiger partial charge is 0.383 e. The van der Waals surface area contributed by atoms with Gasteiger partial charge in [0.05, 0.1) is 24.5 Å². The van der Waals surface area contributed by atoms with Crippen LogP contribution >= 0.6 is 11.6 Å². The number of benzene rings is 2. The van der Waals surface area contributed by atoms with Crippen molar-refractivity contribution in [1.82, 2.24) is 4.90 Å². The average Bonchev–Trinajstić information content (AvgIpc) is 2.99. The number of hydrogen-bond acceptors (Lipinski definition) is 5. The van der Waals surface area contributed by atoms with Gasteiger partial charge >= 0.3 is 0 Å². The van der Waals surface area contributed by atoms with Gasteiger partial charge in [-0.05, 0) is 48.4 Å². The number of rotatable bonds is 9. The van der Waals surface area contributed by atoms with Gasteiger partial charge in [-0.25, -0.2) is 9.29 Å². The van der Waals surface area contributed by atoms with E-state index in [-0.39, 0.29) is 11.3 Å². The molecule has 3 rings (SSSR count). The lowest BCUT2D eigenvalue weighted by molar-refractivity contribution is -0.120. The summed E-state index contributed by atoms with van der Waals surface area (Å²) in [6.45, 7) is 3.25. The normalized spacial score (nSPS) is 14.0. The summed E-state index contributed by atoms with van der Waals surface area (Å²) in [4.78, 5) is 30.0. The third kappa shape index (κ3) is 4.79. The molecule has 0 N–H and O–H groups in total. The van der Waals surface area contributed by atoms with E-state index >= 15 is 0 Å². The molecule has 6 nitrogen and oxygen atoms in total. The van der Waals surface area contributed by atoms with Crippen LogP contribution in [0.15, 0.2) is 48.2 Å². The second-order valence-electron chi connectivity index (χ2n) is 7.08. The molecule has 0 radical (unpaired) electrons. The van der Waals surface area contributed by atoms with Crippen LogP contribution in [-0.4, -0.2) is 57.2 Å². The first-order valence-electron chi connectivity index (χ1n) is 9.77. The number of methoxy groups -OCH3 is 2. The highest BCUT2D eigenvalue weighted by Crippen LogP contribution is 2.36. The molecule has 0 aromatic heterocycles. The monoisotopic (exact) mass is 446 g/mol. The Balaban J connectivity index is 2.14. The van der Waals surface area contributed by atoms with E-state index < -0.39 is 17.6 Å². The summed E-state index contributed by atoms with van der Waals surface area (Å²) in [5, 5.41) is 0.508. The molecule has 31 heavy (non-hydrogen) atoms. The van der Waals surface area contributed by atoms with E-state index in [4.69, 9.17) is 21.1 Å². The summed E-state index contributed by atoms with van der Waals surface area (Å²) in [6.07, 6.45) is 0. The lowest BCUT2D eigenvalue weighted by atomic mass is 10.0. The quantitative estimate of drug-likeness (QED) is 0.550. The molecule has 2 aromatic carbocycles. The average molecular weight is 447 g/mol. The summed E-state index contributed by atoms with van der Waals surface area (Å²) in [6, 6.07) is 10.5. The molecular formula is C23H24ClFN2O4. The highest BCUT2D eigenvalue weighted by atomic mass is 35.5. The van der Waals surface area contributed by atoms with E-state index in [0.717, 1.165) is 4.90 Å². The van der Waals surface area contributed by atoms with Crippen LogP contribution in [0.3, 0.4) is 0 Å². The lowest BCUT2D eigenvalue weighted by Gasteiger charge is -2.26. The fraction of sp³-hybridized carbons (Fsp3) is 0.304. The number of carbonyl (C=O) groups excluding carboxylic acids is 2. The number of imide groups is 1. The minimum Gasteiger partial charge on any atom is -0.383 e. The predicted molar refractivity (Wildman–Crippen MR) is 117 cm³/mol. The number of anilines is 1. The fourth-order valence-corrected chi connectivity index (χ4v) is 3.74. The summed E-state index contributed by atoms with van der Waals surface area (Å²) >= 11 is 6.06. The Kier molecular flexibility index (Phi) is 7.43. The Labute approximate surface area is 185 Å². The number of hydrogen-bond donors (Lipinski definition) is 0. The molecule has 1 heterocycles. The molecule has 0 fully saturated rings. The number of ether oxygens (including phenoxy) is 2. The molecule has 0 saturated heterocycles. The van der Waals surface area contributed by atoms with E-state index in [0.29, 0.717) is 48.1 Å². The van der Waals surface area contributed by atoms with Gasteiger partial charge in [0.1, 0.15) is 11.5 Å². The zero-order valence-electron chi connectivity index (χ0n) is 17.7. The second kappa shape index (κ2) is 10.0. The van der Waals surface area contributed by atoms with Gasteiger partial charge in [0.2, 0.25) is 0 Å². The van der Waals surface area contributed by atoms with Gasteiger partial charge in [0.15, 0.2) is 0 Å². The van der Waals surface area contributed by atoms with Gasteiger partial charge in [0, 0.05) is 32.3 Å². The molecule has 0 unspecified atom stereocenters. The number of amides is 2. The summed E-state index contributed by atoms with van der Waals surface area (Å²) in [7, 11) is 3.13. The number of halogens is 2. The van der Waals surface area contributed by atoms with E-state index in [1.54, 1.807) is 44.2 Å². The first kappa shape index (κ1) is 22.9. The summed E-state index contributed by atoms with van der Waals surface area (Å²) in [5.74, 6) is -1.36. The van der Waals surface area contributed by atoms with E-state index in [1.807, 2.05) is 0 Å². The van der Waals surface area contributed by atoms with Crippen LogP contribution in [-0.2, 0) is 19.1 Å². The van der Waals surface area contributed by atoms with Gasteiger partial charge in [-0.2, -0.15) is 0 Å². The third-order valence-electron chi connectivity index (χ3n) is 5.04. The maximum Gasteiger partial charge on any atom is 0.282 e. The van der Waals surface area contributed by atoms with Crippen molar-refractivity contribution in [1.29, 1.82) is 0 Å². The Morgan fingerprint density at radius 1 is 0.968 bits per heavy atom. The van der Waals surface area contributed by atoms with Crippen LogP contribution in [0.2, 0.25) is 5.02 Å². The molecule has 8 heteroatoms. The van der Waals surface area contributed by atoms with Crippen LogP contribution in [0.25, 0.3) is 5.57 Å². The highest BCUT2D eigenvalue weighted by molar-refractivity contribution is 6.45. The topological polar surface area (TPSA) is 59.1 Å². The maximum absolute atomic E-state index is 13.6. The second-order valence-corrected chi connectivity index (χ2v) is 7.52. The highest BCUT2D eigenvalue weighted by Gasteiger charge is 2.42. The van der Waals surface area contributed by atoms with Crippen molar-refractivity contribution in [3.63, 3.8) is 0 Å². The Hall–Kier alpha value is -2.74. The molecule has 1 aliphatic heterocycles. The first-order valence-corrected chi connectivity index (χ1v) is 10.1. The number of nitrogens with zero attached hydrogens (tertiary/aromatic N) is 2. The zero-order valence-corrected chi connectivity index (χ0v) is 18.4. The summed E-state index contributed by atoms with van der Waals surface area (Å²) < 4.78 is 23.9. The standard InChI is InChI=1S/C23H24ClFN2O4/c1-15-14-17(24)6-9-19(15)27-22(28)20(16-4-7-18(25)8-5-16)21(23(27)29)26(10-12-30-2)11-13-31-3/h4-9,14H,10-13H2,1-3H3. The molecule has 0 atom stereocenters. The minimum absolute atomic E-state index is 0.214. The van der Waals surface area contributed by atoms with E-state index in [2.05, 4.69) is 0 Å². The van der Waals surface area contributed by atoms with Gasteiger partial charge < -0.3 is 14.4 Å². The number of aryl methyl sites for hydroxylation is 1. The van der Waals surface area contributed by atoms with Gasteiger partial charge in [0.25, 0.3) is 11.8 Å². The van der Waals surface area contributed by atoms with E-state index in [1.165, 1.54) is 24.3 Å². The summed E-state index contributed by atoms with van der Waals surface area (Å²) in [5.41, 5.74) is 2.05. The Bertz CT molecular complexity index is 999. The maximum atomic E-state index is 13.6. The van der Waals surface area contributed by atoms with Crippen LogP contribution in [0, 0.1) is 12.7 Å². The van der Waals surface area contributed by atoms with Gasteiger partial charge in [-0.1, -0.05) is 23.7 Å². The van der Waals surface area contributed by atoms with Gasteiger partial charge in [-0.15, -0.1) is 0 Å². The number of carbonyl (C=O) groups is 2. The lowest BCUT2D eigenvalue weighted by Crippen LogP contribution is -2.38. The van der Waals surface area contributed by atoms with Crippen LogP contribution in [0.5, 0.6) is 0 Å². The molecular weight excluding hydrogens is 423 g/mol. The van der Waals surface area contributed by atoms with Crippen molar-refractivity contribution >= 4 is 34.7 Å². The molecule has 2 amide bonds. The van der Waals surface area contributed by atoms with E-state index in [9.17, 15) is 14.0 Å². The molecule has 0 spiro atoms. The third-order valence-corrected chi connectivity index (χ3v) is 5.27. The molecule has 0 aliphatic carbocycles. The SMILES string of the molecule is COCCN(CCOC)C1=C(c2ccc(F)cc2)C(=O)N(c2ccc(Cl)cc2C)C1=O. The minimum atomic E-state index is -0.475. The molecule has 0 saturated carbocycles. The van der Waals surface area contributed by atoms with Crippen molar-refractivity contribution in [2.75, 3.05) is 45.4 Å². The van der Waals surface area contributed by atoms with Crippen LogP contribution < -0.4 is 4.90 Å². The van der Waals surface area contributed by atoms with Crippen LogP contribution in [0.4, 0.5) is 10.1 Å². The van der Waals surface area contributed by atoms with Crippen LogP contribution in [0.1, 0.15) is 11.1 Å². The van der Waals surface area contributed by atoms with Crippen molar-refractivity contribution in [3.8, 4) is 0 Å². The smallest absolute Gasteiger partial charge is 0.282 e. The fourth-order valence-electron chi connectivity index (χ4n) is 3.52. The Morgan fingerprint density at radius 2 is 1.58 bits per heavy atom. The zero-order chi connectivity index (χ0) is 22.5. The van der Waals surface area contributed by atoms with Crippen molar-refractivity contribution < 1.29 is 23.5 Å². The molecule has 0 bridgehead atoms. The molecule has 2 aromatic rings. The Morgan fingerprint density at radius 3 is 2.13 bits per heavy atom. The predicted octanol–water partition coefficient (Wildman–Crippen LogP) is 3.67. The first-order chi connectivity index (χ1) is 14.9. The molecule has 1 aliphatic rings. The van der Waals surface area contributed by atoms with Crippen molar-refractivity contribution in [2.24, 2.45) is 0 Å². The molecule has 164 valence electrons. The van der Waals surface area contributed by atoms with Gasteiger partial charge in [-0.3, -0.25) is 9.59 Å². The van der Waals surface area contributed by atoms with Crippen molar-refractivity contribution in [3.05, 3.63) is 70.1 Å². The van der Waals surface area contributed by atoms with Crippen molar-refractivity contribution in [2.45, 2.75) is 6.92 Å².